The van der Waals surface area contributed by atoms with Crippen LogP contribution in [0.1, 0.15) is 36.2 Å². The van der Waals surface area contributed by atoms with Crippen molar-refractivity contribution in [3.63, 3.8) is 0 Å². The average molecular weight is 277 g/mol. The maximum atomic E-state index is 11.0. The minimum absolute atomic E-state index is 0.0416. The van der Waals surface area contributed by atoms with Crippen LogP contribution in [0.15, 0.2) is 10.7 Å². The van der Waals surface area contributed by atoms with Crippen LogP contribution in [-0.2, 0) is 17.9 Å². The first-order chi connectivity index (χ1) is 9.74. The van der Waals surface area contributed by atoms with E-state index in [-0.39, 0.29) is 12.5 Å². The van der Waals surface area contributed by atoms with Gasteiger partial charge in [0.2, 0.25) is 11.8 Å². The SMILES string of the molecule is NCC(=O)NCc1cn(Cc2nc(C3CC3)no2)nn1. The van der Waals surface area contributed by atoms with E-state index < -0.39 is 0 Å². The standard InChI is InChI=1S/C11H15N7O2/c12-3-9(19)13-4-8-5-18(17-15-8)6-10-14-11(16-20-10)7-1-2-7/h5,7H,1-4,6,12H2,(H,13,19). The third kappa shape index (κ3) is 2.99. The molecule has 9 nitrogen and oxygen atoms in total. The minimum atomic E-state index is -0.231. The van der Waals surface area contributed by atoms with Crippen LogP contribution in [0.3, 0.4) is 0 Å². The lowest BCUT2D eigenvalue weighted by atomic mass is 10.4. The van der Waals surface area contributed by atoms with Gasteiger partial charge in [0.05, 0.1) is 19.3 Å². The zero-order chi connectivity index (χ0) is 13.9. The van der Waals surface area contributed by atoms with Gasteiger partial charge in [-0.3, -0.25) is 4.79 Å². The summed E-state index contributed by atoms with van der Waals surface area (Å²) in [6, 6.07) is 0. The number of hydrogen-bond donors (Lipinski definition) is 2. The second-order valence-corrected chi connectivity index (χ2v) is 4.71. The maximum Gasteiger partial charge on any atom is 0.248 e. The largest absolute Gasteiger partial charge is 0.349 e. The number of hydrogen-bond acceptors (Lipinski definition) is 7. The van der Waals surface area contributed by atoms with E-state index in [0.717, 1.165) is 18.7 Å². The number of nitrogens with one attached hydrogen (secondary N) is 1. The number of rotatable bonds is 6. The predicted octanol–water partition coefficient (Wildman–Crippen LogP) is -0.838. The van der Waals surface area contributed by atoms with Gasteiger partial charge in [-0.05, 0) is 12.8 Å². The van der Waals surface area contributed by atoms with E-state index in [1.807, 2.05) is 0 Å². The van der Waals surface area contributed by atoms with Gasteiger partial charge in [0, 0.05) is 5.92 Å². The van der Waals surface area contributed by atoms with Crippen LogP contribution >= 0.6 is 0 Å². The fourth-order valence-electron chi connectivity index (χ4n) is 1.74. The molecular weight excluding hydrogens is 262 g/mol. The van der Waals surface area contributed by atoms with Gasteiger partial charge in [0.1, 0.15) is 12.2 Å². The molecule has 0 atom stereocenters. The first kappa shape index (κ1) is 12.7. The molecule has 1 aliphatic rings. The highest BCUT2D eigenvalue weighted by atomic mass is 16.5. The van der Waals surface area contributed by atoms with Crippen LogP contribution in [0.4, 0.5) is 0 Å². The summed E-state index contributed by atoms with van der Waals surface area (Å²) in [5.41, 5.74) is 5.84. The Morgan fingerprint density at radius 1 is 1.55 bits per heavy atom. The minimum Gasteiger partial charge on any atom is -0.349 e. The van der Waals surface area contributed by atoms with Gasteiger partial charge < -0.3 is 15.6 Å². The van der Waals surface area contributed by atoms with Crippen LogP contribution in [-0.4, -0.2) is 37.6 Å². The molecule has 3 N–H and O–H groups in total. The Balaban J connectivity index is 1.57. The number of carbonyl (C=O) groups excluding carboxylic acids is 1. The first-order valence-electron chi connectivity index (χ1n) is 6.43. The highest BCUT2D eigenvalue weighted by molar-refractivity contribution is 5.77. The van der Waals surface area contributed by atoms with Crippen LogP contribution < -0.4 is 11.1 Å². The maximum absolute atomic E-state index is 11.0. The Hall–Kier alpha value is -2.29. The van der Waals surface area contributed by atoms with Gasteiger partial charge in [-0.1, -0.05) is 10.4 Å². The van der Waals surface area contributed by atoms with E-state index >= 15 is 0 Å². The highest BCUT2D eigenvalue weighted by Gasteiger charge is 2.28. The molecule has 2 aromatic heterocycles. The molecule has 2 heterocycles. The molecule has 0 aliphatic heterocycles. The summed E-state index contributed by atoms with van der Waals surface area (Å²) in [6.45, 7) is 0.630. The fourth-order valence-corrected chi connectivity index (χ4v) is 1.74. The van der Waals surface area contributed by atoms with Gasteiger partial charge in [0.25, 0.3) is 0 Å². The monoisotopic (exact) mass is 277 g/mol. The summed E-state index contributed by atoms with van der Waals surface area (Å²) in [5, 5.41) is 14.4. The lowest BCUT2D eigenvalue weighted by Gasteiger charge is -1.98. The lowest BCUT2D eigenvalue weighted by molar-refractivity contribution is -0.119. The van der Waals surface area contributed by atoms with Crippen LogP contribution in [0.2, 0.25) is 0 Å². The summed E-state index contributed by atoms with van der Waals surface area (Å²) in [7, 11) is 0. The highest BCUT2D eigenvalue weighted by Crippen LogP contribution is 2.38. The summed E-state index contributed by atoms with van der Waals surface area (Å²) < 4.78 is 6.75. The molecule has 2 aromatic rings. The zero-order valence-corrected chi connectivity index (χ0v) is 10.8. The third-order valence-corrected chi connectivity index (χ3v) is 2.96. The number of aromatic nitrogens is 5. The molecule has 1 amide bonds. The van der Waals surface area contributed by atoms with Crippen molar-refractivity contribution in [2.45, 2.75) is 31.8 Å². The molecule has 106 valence electrons. The Morgan fingerprint density at radius 2 is 2.40 bits per heavy atom. The topological polar surface area (TPSA) is 125 Å². The molecule has 0 aromatic carbocycles. The second kappa shape index (κ2) is 5.37. The van der Waals surface area contributed by atoms with Crippen LogP contribution in [0.25, 0.3) is 0 Å². The Kier molecular flexibility index (Phi) is 3.42. The molecule has 9 heteroatoms. The molecule has 1 saturated carbocycles. The number of amides is 1. The average Bonchev–Trinajstić information content (AvgIpc) is 3.04. The molecule has 0 bridgehead atoms. The Morgan fingerprint density at radius 3 is 3.15 bits per heavy atom. The van der Waals surface area contributed by atoms with E-state index in [2.05, 4.69) is 25.8 Å². The van der Waals surface area contributed by atoms with Gasteiger partial charge in [-0.25, -0.2) is 4.68 Å². The van der Waals surface area contributed by atoms with Crippen LogP contribution in [0.5, 0.6) is 0 Å². The number of nitrogens with zero attached hydrogens (tertiary/aromatic N) is 5. The van der Waals surface area contributed by atoms with Crippen LogP contribution in [0, 0.1) is 0 Å². The molecular formula is C11H15N7O2. The smallest absolute Gasteiger partial charge is 0.248 e. The van der Waals surface area contributed by atoms with Gasteiger partial charge in [0.15, 0.2) is 5.82 Å². The van der Waals surface area contributed by atoms with E-state index in [4.69, 9.17) is 10.3 Å². The molecule has 1 fully saturated rings. The van der Waals surface area contributed by atoms with Crippen molar-refractivity contribution in [1.29, 1.82) is 0 Å². The second-order valence-electron chi connectivity index (χ2n) is 4.71. The van der Waals surface area contributed by atoms with Crippen molar-refractivity contribution in [2.75, 3.05) is 6.54 Å². The number of carbonyl (C=O) groups is 1. The van der Waals surface area contributed by atoms with Crippen molar-refractivity contribution in [1.82, 2.24) is 30.5 Å². The Bertz CT molecular complexity index is 601. The zero-order valence-electron chi connectivity index (χ0n) is 10.8. The number of nitrogens with two attached hydrogens (primary N) is 1. The first-order valence-corrected chi connectivity index (χ1v) is 6.43. The summed E-state index contributed by atoms with van der Waals surface area (Å²) in [5.74, 6) is 1.51. The normalized spacial score (nSPS) is 14.4. The molecule has 0 unspecified atom stereocenters. The van der Waals surface area contributed by atoms with Gasteiger partial charge in [-0.2, -0.15) is 4.98 Å². The van der Waals surface area contributed by atoms with Crippen molar-refractivity contribution in [3.8, 4) is 0 Å². The lowest BCUT2D eigenvalue weighted by Crippen LogP contribution is -2.29. The summed E-state index contributed by atoms with van der Waals surface area (Å²) in [6.07, 6.45) is 3.98. The molecule has 20 heavy (non-hydrogen) atoms. The van der Waals surface area contributed by atoms with E-state index in [9.17, 15) is 4.79 Å². The van der Waals surface area contributed by atoms with Gasteiger partial charge >= 0.3 is 0 Å². The molecule has 0 saturated heterocycles. The van der Waals surface area contributed by atoms with Crippen molar-refractivity contribution in [2.24, 2.45) is 5.73 Å². The van der Waals surface area contributed by atoms with Crippen molar-refractivity contribution >= 4 is 5.91 Å². The predicted molar refractivity (Wildman–Crippen MR) is 66.3 cm³/mol. The van der Waals surface area contributed by atoms with E-state index in [1.165, 1.54) is 0 Å². The summed E-state index contributed by atoms with van der Waals surface area (Å²) >= 11 is 0. The summed E-state index contributed by atoms with van der Waals surface area (Å²) in [4.78, 5) is 15.3. The molecule has 1 aliphatic carbocycles. The van der Waals surface area contributed by atoms with Gasteiger partial charge in [-0.15, -0.1) is 5.10 Å². The van der Waals surface area contributed by atoms with Crippen molar-refractivity contribution < 1.29 is 9.32 Å². The third-order valence-electron chi connectivity index (χ3n) is 2.96. The van der Waals surface area contributed by atoms with E-state index in [0.29, 0.717) is 30.6 Å². The molecule has 0 radical (unpaired) electrons. The molecule has 0 spiro atoms. The van der Waals surface area contributed by atoms with Crippen molar-refractivity contribution in [3.05, 3.63) is 23.6 Å². The molecule has 3 rings (SSSR count). The quantitative estimate of drug-likeness (QED) is 0.705. The Labute approximate surface area is 114 Å². The van der Waals surface area contributed by atoms with E-state index in [1.54, 1.807) is 10.9 Å². The fraction of sp³-hybridized carbons (Fsp3) is 0.545.